The van der Waals surface area contributed by atoms with Gasteiger partial charge >= 0.3 is 0 Å². The van der Waals surface area contributed by atoms with E-state index in [0.29, 0.717) is 30.8 Å². The first-order chi connectivity index (χ1) is 15.2. The van der Waals surface area contributed by atoms with E-state index in [1.54, 1.807) is 0 Å². The van der Waals surface area contributed by atoms with Gasteiger partial charge in [-0.25, -0.2) is 0 Å². The van der Waals surface area contributed by atoms with Gasteiger partial charge in [-0.1, -0.05) is 36.6 Å². The number of halogens is 1. The summed E-state index contributed by atoms with van der Waals surface area (Å²) in [6.07, 6.45) is 4.95. The average Bonchev–Trinajstić information content (AvgIpc) is 3.09. The molecule has 0 aliphatic carbocycles. The van der Waals surface area contributed by atoms with Crippen LogP contribution in [-0.2, 0) is 11.3 Å². The molecule has 2 aliphatic heterocycles. The summed E-state index contributed by atoms with van der Waals surface area (Å²) in [7, 11) is 0. The molecule has 0 radical (unpaired) electrons. The molecule has 166 valence electrons. The average molecular weight is 461 g/mol. The Morgan fingerprint density at radius 2 is 1.55 bits per heavy atom. The topological polar surface area (TPSA) is 65.6 Å². The smallest absolute Gasteiger partial charge is 0.232 e. The molecule has 9 heteroatoms. The predicted molar refractivity (Wildman–Crippen MR) is 130 cm³/mol. The molecule has 2 aromatic rings. The third-order valence-corrected chi connectivity index (χ3v) is 6.05. The number of nitrogens with zero attached hydrogens (tertiary/aromatic N) is 4. The van der Waals surface area contributed by atoms with Crippen molar-refractivity contribution in [3.8, 4) is 0 Å². The Kier molecular flexibility index (Phi) is 7.77. The van der Waals surface area contributed by atoms with Crippen LogP contribution in [0.25, 0.3) is 0 Å². The van der Waals surface area contributed by atoms with Crippen LogP contribution in [0.15, 0.2) is 30.3 Å². The molecular formula is C22H29ClN6OS. The van der Waals surface area contributed by atoms with E-state index < -0.39 is 0 Å². The van der Waals surface area contributed by atoms with Crippen LogP contribution >= 0.6 is 23.8 Å². The van der Waals surface area contributed by atoms with Crippen molar-refractivity contribution in [3.05, 3.63) is 40.9 Å². The lowest BCUT2D eigenvalue weighted by Gasteiger charge is -2.29. The quantitative estimate of drug-likeness (QED) is 0.652. The number of thiocarbonyl (C=S) groups is 1. The first-order valence-electron chi connectivity index (χ1n) is 10.9. The maximum absolute atomic E-state index is 5.96. The van der Waals surface area contributed by atoms with Crippen molar-refractivity contribution in [3.63, 3.8) is 0 Å². The largest absolute Gasteiger partial charge is 0.378 e. The summed E-state index contributed by atoms with van der Waals surface area (Å²) in [6.45, 7) is 5.74. The van der Waals surface area contributed by atoms with E-state index in [2.05, 4.69) is 26.5 Å². The Morgan fingerprint density at radius 3 is 2.19 bits per heavy atom. The molecule has 0 bridgehead atoms. The third-order valence-electron chi connectivity index (χ3n) is 5.56. The maximum atomic E-state index is 5.96. The van der Waals surface area contributed by atoms with Gasteiger partial charge in [0, 0.05) is 43.8 Å². The predicted octanol–water partition coefficient (Wildman–Crippen LogP) is 3.83. The molecule has 7 nitrogen and oxygen atoms in total. The van der Waals surface area contributed by atoms with E-state index in [1.165, 1.54) is 25.7 Å². The number of aromatic nitrogens is 2. The lowest BCUT2D eigenvalue weighted by molar-refractivity contribution is 0.122. The highest BCUT2D eigenvalue weighted by atomic mass is 35.5. The summed E-state index contributed by atoms with van der Waals surface area (Å²) < 4.78 is 5.51. The second kappa shape index (κ2) is 10.9. The number of hydrogen-bond donors (Lipinski definition) is 2. The van der Waals surface area contributed by atoms with Crippen LogP contribution in [0.4, 0.5) is 17.6 Å². The lowest BCUT2D eigenvalue weighted by atomic mass is 10.2. The lowest BCUT2D eigenvalue weighted by Crippen LogP contribution is -2.37. The van der Waals surface area contributed by atoms with Crippen molar-refractivity contribution in [2.24, 2.45) is 0 Å². The van der Waals surface area contributed by atoms with Gasteiger partial charge in [-0.2, -0.15) is 9.97 Å². The van der Waals surface area contributed by atoms with Gasteiger partial charge in [0.25, 0.3) is 0 Å². The van der Waals surface area contributed by atoms with Crippen molar-refractivity contribution < 1.29 is 4.74 Å². The highest BCUT2D eigenvalue weighted by molar-refractivity contribution is 7.80. The van der Waals surface area contributed by atoms with Gasteiger partial charge in [0.05, 0.1) is 13.2 Å². The Hall–Kier alpha value is -2.16. The van der Waals surface area contributed by atoms with Crippen molar-refractivity contribution in [1.29, 1.82) is 0 Å². The number of hydrogen-bond acceptors (Lipinski definition) is 6. The molecule has 0 amide bonds. The molecule has 31 heavy (non-hydrogen) atoms. The first-order valence-corrected chi connectivity index (χ1v) is 11.7. The van der Waals surface area contributed by atoms with Crippen LogP contribution in [-0.4, -0.2) is 54.5 Å². The number of benzene rings is 1. The minimum absolute atomic E-state index is 0.496. The summed E-state index contributed by atoms with van der Waals surface area (Å²) in [5, 5.41) is 7.63. The van der Waals surface area contributed by atoms with Gasteiger partial charge in [0.15, 0.2) is 5.11 Å². The molecule has 0 saturated carbocycles. The Bertz CT molecular complexity index is 867. The molecule has 2 saturated heterocycles. The summed E-state index contributed by atoms with van der Waals surface area (Å²) in [4.78, 5) is 14.2. The van der Waals surface area contributed by atoms with Crippen molar-refractivity contribution in [2.45, 2.75) is 32.2 Å². The monoisotopic (exact) mass is 460 g/mol. The highest BCUT2D eigenvalue weighted by Gasteiger charge is 2.19. The fourth-order valence-electron chi connectivity index (χ4n) is 3.82. The van der Waals surface area contributed by atoms with E-state index in [0.717, 1.165) is 48.4 Å². The van der Waals surface area contributed by atoms with Crippen molar-refractivity contribution >= 4 is 46.5 Å². The van der Waals surface area contributed by atoms with Gasteiger partial charge in [-0.3, -0.25) is 0 Å². The van der Waals surface area contributed by atoms with Gasteiger partial charge < -0.3 is 25.2 Å². The summed E-state index contributed by atoms with van der Waals surface area (Å²) >= 11 is 11.5. The highest BCUT2D eigenvalue weighted by Crippen LogP contribution is 2.24. The third kappa shape index (κ3) is 6.41. The molecular weight excluding hydrogens is 432 g/mol. The van der Waals surface area contributed by atoms with Crippen LogP contribution in [0.1, 0.15) is 31.2 Å². The minimum atomic E-state index is 0.496. The molecule has 3 heterocycles. The van der Waals surface area contributed by atoms with Crippen LogP contribution in [0.5, 0.6) is 0 Å². The number of ether oxygens (including phenoxy) is 1. The summed E-state index contributed by atoms with van der Waals surface area (Å²) in [5.74, 6) is 2.40. The van der Waals surface area contributed by atoms with Crippen LogP contribution in [0.3, 0.4) is 0 Å². The molecule has 2 N–H and O–H groups in total. The van der Waals surface area contributed by atoms with Crippen molar-refractivity contribution in [2.75, 3.05) is 54.5 Å². The Morgan fingerprint density at radius 1 is 0.935 bits per heavy atom. The molecule has 0 unspecified atom stereocenters. The van der Waals surface area contributed by atoms with Gasteiger partial charge in [-0.15, -0.1) is 0 Å². The maximum Gasteiger partial charge on any atom is 0.232 e. The van der Waals surface area contributed by atoms with Gasteiger partial charge in [0.2, 0.25) is 5.95 Å². The second-order valence-corrected chi connectivity index (χ2v) is 8.69. The fraction of sp³-hybridized carbons (Fsp3) is 0.500. The number of rotatable bonds is 5. The molecule has 4 rings (SSSR count). The summed E-state index contributed by atoms with van der Waals surface area (Å²) in [6, 6.07) is 9.80. The van der Waals surface area contributed by atoms with E-state index in [9.17, 15) is 0 Å². The standard InChI is InChI=1S/C22H29ClN6OS/c23-18-7-5-17(6-8-18)16-24-22(31)27-21-25-19(28-9-3-1-2-4-10-28)15-20(26-21)29-11-13-30-14-12-29/h5-8,15H,1-4,9-14,16H2,(H2,24,25,26,27,31). The zero-order chi connectivity index (χ0) is 21.5. The van der Waals surface area contributed by atoms with E-state index in [1.807, 2.05) is 24.3 Å². The number of morpholine rings is 1. The zero-order valence-corrected chi connectivity index (χ0v) is 19.2. The molecule has 0 atom stereocenters. The molecule has 2 fully saturated rings. The number of anilines is 3. The van der Waals surface area contributed by atoms with Gasteiger partial charge in [-0.05, 0) is 42.8 Å². The van der Waals surface area contributed by atoms with Crippen LogP contribution in [0.2, 0.25) is 5.02 Å². The normalized spacial score (nSPS) is 17.2. The fourth-order valence-corrected chi connectivity index (χ4v) is 4.11. The minimum Gasteiger partial charge on any atom is -0.378 e. The summed E-state index contributed by atoms with van der Waals surface area (Å²) in [5.41, 5.74) is 1.10. The van der Waals surface area contributed by atoms with Crippen molar-refractivity contribution in [1.82, 2.24) is 15.3 Å². The first kappa shape index (κ1) is 22.0. The molecule has 1 aromatic heterocycles. The molecule has 2 aliphatic rings. The van der Waals surface area contributed by atoms with Crippen LogP contribution in [0, 0.1) is 0 Å². The van der Waals surface area contributed by atoms with E-state index in [-0.39, 0.29) is 0 Å². The zero-order valence-electron chi connectivity index (χ0n) is 17.6. The number of nitrogens with one attached hydrogen (secondary N) is 2. The Balaban J connectivity index is 1.48. The van der Waals surface area contributed by atoms with E-state index in [4.69, 9.17) is 38.5 Å². The second-order valence-electron chi connectivity index (χ2n) is 7.84. The van der Waals surface area contributed by atoms with Gasteiger partial charge in [0.1, 0.15) is 11.6 Å². The Labute approximate surface area is 194 Å². The molecule has 0 spiro atoms. The molecule has 1 aromatic carbocycles. The van der Waals surface area contributed by atoms with E-state index >= 15 is 0 Å². The SMILES string of the molecule is S=C(NCc1ccc(Cl)cc1)Nc1nc(N2CCCCCC2)cc(N2CCOCC2)n1. The van der Waals surface area contributed by atoms with Crippen LogP contribution < -0.4 is 20.4 Å².